The normalized spacial score (nSPS) is 13.3. The molecule has 132 valence electrons. The smallest absolute Gasteiger partial charge is 0.223 e. The van der Waals surface area contributed by atoms with Crippen LogP contribution in [0.25, 0.3) is 0 Å². The quantitative estimate of drug-likeness (QED) is 0.836. The average molecular weight is 343 g/mol. The Kier molecular flexibility index (Phi) is 5.22. The van der Waals surface area contributed by atoms with Crippen molar-refractivity contribution in [2.24, 2.45) is 0 Å². The number of hydrogen-bond donors (Lipinski definition) is 0. The summed E-state index contributed by atoms with van der Waals surface area (Å²) in [5, 5.41) is 0. The SMILES string of the molecule is COc1cc2c(cc1OC)CN(C(=O)CCc1ccc(F)cc1)CC2. The summed E-state index contributed by atoms with van der Waals surface area (Å²) in [5.41, 5.74) is 3.26. The van der Waals surface area contributed by atoms with E-state index in [1.54, 1.807) is 26.4 Å². The number of hydrogen-bond acceptors (Lipinski definition) is 3. The van der Waals surface area contributed by atoms with E-state index >= 15 is 0 Å². The number of rotatable bonds is 5. The van der Waals surface area contributed by atoms with E-state index in [-0.39, 0.29) is 11.7 Å². The summed E-state index contributed by atoms with van der Waals surface area (Å²) in [6.45, 7) is 1.28. The van der Waals surface area contributed by atoms with Crippen LogP contribution >= 0.6 is 0 Å². The lowest BCUT2D eigenvalue weighted by atomic mass is 9.98. The van der Waals surface area contributed by atoms with Crippen molar-refractivity contribution in [3.8, 4) is 11.5 Å². The van der Waals surface area contributed by atoms with Crippen LogP contribution in [-0.4, -0.2) is 31.6 Å². The molecular weight excluding hydrogens is 321 g/mol. The van der Waals surface area contributed by atoms with Gasteiger partial charge >= 0.3 is 0 Å². The Morgan fingerprint density at radius 2 is 1.72 bits per heavy atom. The summed E-state index contributed by atoms with van der Waals surface area (Å²) < 4.78 is 23.6. The largest absolute Gasteiger partial charge is 0.493 e. The summed E-state index contributed by atoms with van der Waals surface area (Å²) in [7, 11) is 3.23. The summed E-state index contributed by atoms with van der Waals surface area (Å²) in [4.78, 5) is 14.4. The van der Waals surface area contributed by atoms with Gasteiger partial charge in [-0.2, -0.15) is 0 Å². The van der Waals surface area contributed by atoms with Crippen LogP contribution in [0.15, 0.2) is 36.4 Å². The molecule has 0 radical (unpaired) electrons. The maximum Gasteiger partial charge on any atom is 0.223 e. The van der Waals surface area contributed by atoms with Gasteiger partial charge in [-0.15, -0.1) is 0 Å². The molecule has 1 aliphatic rings. The van der Waals surface area contributed by atoms with E-state index < -0.39 is 0 Å². The minimum Gasteiger partial charge on any atom is -0.493 e. The number of amides is 1. The number of carbonyl (C=O) groups excluding carboxylic acids is 1. The Balaban J connectivity index is 1.65. The van der Waals surface area contributed by atoms with Gasteiger partial charge in [-0.3, -0.25) is 4.79 Å². The van der Waals surface area contributed by atoms with Crippen LogP contribution in [0, 0.1) is 5.82 Å². The number of nitrogens with zero attached hydrogens (tertiary/aromatic N) is 1. The minimum absolute atomic E-state index is 0.116. The molecule has 1 aliphatic heterocycles. The molecule has 5 heteroatoms. The standard InChI is InChI=1S/C20H22FNO3/c1-24-18-11-15-9-10-22(13-16(15)12-19(18)25-2)20(23)8-5-14-3-6-17(21)7-4-14/h3-4,6-7,11-12H,5,8-10,13H2,1-2H3. The second-order valence-corrected chi connectivity index (χ2v) is 6.17. The second-order valence-electron chi connectivity index (χ2n) is 6.17. The predicted octanol–water partition coefficient (Wildman–Crippen LogP) is 3.36. The molecule has 2 aromatic rings. The predicted molar refractivity (Wildman–Crippen MR) is 93.4 cm³/mol. The van der Waals surface area contributed by atoms with Gasteiger partial charge in [-0.25, -0.2) is 4.39 Å². The zero-order chi connectivity index (χ0) is 17.8. The van der Waals surface area contributed by atoms with Crippen LogP contribution in [0.3, 0.4) is 0 Å². The van der Waals surface area contributed by atoms with Crippen LogP contribution in [0.5, 0.6) is 11.5 Å². The second kappa shape index (κ2) is 7.55. The summed E-state index contributed by atoms with van der Waals surface area (Å²) in [6, 6.07) is 10.3. The van der Waals surface area contributed by atoms with E-state index in [4.69, 9.17) is 9.47 Å². The van der Waals surface area contributed by atoms with Crippen LogP contribution in [0.4, 0.5) is 4.39 Å². The van der Waals surface area contributed by atoms with E-state index in [1.807, 2.05) is 17.0 Å². The molecule has 1 amide bonds. The summed E-state index contributed by atoms with van der Waals surface area (Å²) >= 11 is 0. The number of carbonyl (C=O) groups is 1. The highest BCUT2D eigenvalue weighted by Crippen LogP contribution is 2.33. The van der Waals surface area contributed by atoms with Crippen molar-refractivity contribution in [1.82, 2.24) is 4.90 Å². The van der Waals surface area contributed by atoms with Crippen molar-refractivity contribution in [2.45, 2.75) is 25.8 Å². The fourth-order valence-electron chi connectivity index (χ4n) is 3.16. The highest BCUT2D eigenvalue weighted by atomic mass is 19.1. The monoisotopic (exact) mass is 343 g/mol. The van der Waals surface area contributed by atoms with E-state index in [0.717, 1.165) is 23.3 Å². The summed E-state index contributed by atoms with van der Waals surface area (Å²) in [6.07, 6.45) is 1.85. The first-order chi connectivity index (χ1) is 12.1. The first kappa shape index (κ1) is 17.3. The van der Waals surface area contributed by atoms with Crippen molar-refractivity contribution in [3.63, 3.8) is 0 Å². The summed E-state index contributed by atoms with van der Waals surface area (Å²) in [5.74, 6) is 1.26. The Morgan fingerprint density at radius 3 is 2.36 bits per heavy atom. The highest BCUT2D eigenvalue weighted by Gasteiger charge is 2.22. The molecule has 0 fully saturated rings. The lowest BCUT2D eigenvalue weighted by molar-refractivity contribution is -0.132. The molecule has 0 aliphatic carbocycles. The van der Waals surface area contributed by atoms with Crippen molar-refractivity contribution in [2.75, 3.05) is 20.8 Å². The van der Waals surface area contributed by atoms with E-state index in [0.29, 0.717) is 31.7 Å². The van der Waals surface area contributed by atoms with Crippen molar-refractivity contribution in [3.05, 3.63) is 58.9 Å². The zero-order valence-electron chi connectivity index (χ0n) is 14.5. The van der Waals surface area contributed by atoms with Gasteiger partial charge in [0.1, 0.15) is 5.82 Å². The third-order valence-corrected chi connectivity index (χ3v) is 4.61. The fraction of sp³-hybridized carbons (Fsp3) is 0.350. The maximum absolute atomic E-state index is 12.9. The molecule has 2 aromatic carbocycles. The number of methoxy groups -OCH3 is 2. The maximum atomic E-state index is 12.9. The van der Waals surface area contributed by atoms with Gasteiger partial charge in [0.2, 0.25) is 5.91 Å². The van der Waals surface area contributed by atoms with Gasteiger partial charge in [0, 0.05) is 19.5 Å². The lowest BCUT2D eigenvalue weighted by Crippen LogP contribution is -2.36. The Hall–Kier alpha value is -2.56. The van der Waals surface area contributed by atoms with Crippen LogP contribution < -0.4 is 9.47 Å². The van der Waals surface area contributed by atoms with Gasteiger partial charge in [-0.05, 0) is 53.8 Å². The fourth-order valence-corrected chi connectivity index (χ4v) is 3.16. The molecule has 0 atom stereocenters. The Bertz CT molecular complexity index is 758. The third-order valence-electron chi connectivity index (χ3n) is 4.61. The molecule has 0 saturated heterocycles. The first-order valence-corrected chi connectivity index (χ1v) is 8.36. The molecule has 4 nitrogen and oxygen atoms in total. The number of fused-ring (bicyclic) bond motifs is 1. The zero-order valence-corrected chi connectivity index (χ0v) is 14.5. The van der Waals surface area contributed by atoms with Crippen molar-refractivity contribution in [1.29, 1.82) is 0 Å². The molecular formula is C20H22FNO3. The van der Waals surface area contributed by atoms with Gasteiger partial charge in [0.05, 0.1) is 14.2 Å². The molecule has 0 N–H and O–H groups in total. The molecule has 0 aromatic heterocycles. The van der Waals surface area contributed by atoms with Crippen LogP contribution in [0.2, 0.25) is 0 Å². The third kappa shape index (κ3) is 3.92. The van der Waals surface area contributed by atoms with E-state index in [9.17, 15) is 9.18 Å². The molecule has 1 heterocycles. The van der Waals surface area contributed by atoms with Crippen LogP contribution in [-0.2, 0) is 24.2 Å². The molecule has 0 saturated carbocycles. The van der Waals surface area contributed by atoms with E-state index in [2.05, 4.69) is 0 Å². The molecule has 0 spiro atoms. The number of aryl methyl sites for hydroxylation is 1. The van der Waals surface area contributed by atoms with Crippen molar-refractivity contribution >= 4 is 5.91 Å². The first-order valence-electron chi connectivity index (χ1n) is 8.36. The number of halogens is 1. The Morgan fingerprint density at radius 1 is 1.08 bits per heavy atom. The topological polar surface area (TPSA) is 38.8 Å². The molecule has 25 heavy (non-hydrogen) atoms. The molecule has 3 rings (SSSR count). The van der Waals surface area contributed by atoms with Gasteiger partial charge in [0.25, 0.3) is 0 Å². The molecule has 0 bridgehead atoms. The van der Waals surface area contributed by atoms with Gasteiger partial charge in [-0.1, -0.05) is 12.1 Å². The number of ether oxygens (including phenoxy) is 2. The minimum atomic E-state index is -0.257. The highest BCUT2D eigenvalue weighted by molar-refractivity contribution is 5.77. The van der Waals surface area contributed by atoms with Crippen molar-refractivity contribution < 1.29 is 18.7 Å². The van der Waals surface area contributed by atoms with Gasteiger partial charge in [0.15, 0.2) is 11.5 Å². The van der Waals surface area contributed by atoms with E-state index in [1.165, 1.54) is 17.7 Å². The Labute approximate surface area is 147 Å². The number of benzene rings is 2. The molecule has 0 unspecified atom stereocenters. The van der Waals surface area contributed by atoms with Crippen LogP contribution in [0.1, 0.15) is 23.1 Å². The lowest BCUT2D eigenvalue weighted by Gasteiger charge is -2.29. The van der Waals surface area contributed by atoms with Gasteiger partial charge < -0.3 is 14.4 Å². The average Bonchev–Trinajstić information content (AvgIpc) is 2.65.